The lowest BCUT2D eigenvalue weighted by atomic mass is 9.85. The molecule has 0 aromatic heterocycles. The third kappa shape index (κ3) is 2.01. The second kappa shape index (κ2) is 3.38. The van der Waals surface area contributed by atoms with Crippen molar-refractivity contribution < 1.29 is 9.90 Å². The zero-order chi connectivity index (χ0) is 10.1. The van der Waals surface area contributed by atoms with Gasteiger partial charge in [-0.1, -0.05) is 23.7 Å². The van der Waals surface area contributed by atoms with E-state index in [1.165, 1.54) is 0 Å². The van der Waals surface area contributed by atoms with E-state index in [0.717, 1.165) is 0 Å². The van der Waals surface area contributed by atoms with Crippen LogP contribution in [0.4, 0.5) is 0 Å². The molecule has 0 fully saturated rings. The Morgan fingerprint density at radius 2 is 2.08 bits per heavy atom. The van der Waals surface area contributed by atoms with Gasteiger partial charge in [0.05, 0.1) is 5.41 Å². The van der Waals surface area contributed by atoms with Gasteiger partial charge in [0.15, 0.2) is 0 Å². The van der Waals surface area contributed by atoms with Gasteiger partial charge in [-0.05, 0) is 31.5 Å². The number of aliphatic carboxylic acids is 1. The maximum Gasteiger partial charge on any atom is 0.313 e. The zero-order valence-corrected chi connectivity index (χ0v) is 8.30. The predicted molar refractivity (Wildman–Crippen MR) is 52.1 cm³/mol. The first kappa shape index (κ1) is 10.1. The fourth-order valence-electron chi connectivity index (χ4n) is 1.00. The first-order valence-electron chi connectivity index (χ1n) is 3.94. The third-order valence-corrected chi connectivity index (χ3v) is 2.32. The van der Waals surface area contributed by atoms with E-state index < -0.39 is 11.4 Å². The van der Waals surface area contributed by atoms with Crippen LogP contribution in [0.3, 0.4) is 0 Å². The molecular formula is C10H11ClO2. The lowest BCUT2D eigenvalue weighted by molar-refractivity contribution is -0.142. The highest BCUT2D eigenvalue weighted by Crippen LogP contribution is 2.25. The lowest BCUT2D eigenvalue weighted by Crippen LogP contribution is -2.28. The van der Waals surface area contributed by atoms with Crippen molar-refractivity contribution in [1.82, 2.24) is 0 Å². The molecule has 2 nitrogen and oxygen atoms in total. The molecule has 13 heavy (non-hydrogen) atoms. The predicted octanol–water partition coefficient (Wildman–Crippen LogP) is 2.70. The molecule has 0 radical (unpaired) electrons. The van der Waals surface area contributed by atoms with Crippen LogP contribution in [0.1, 0.15) is 19.4 Å². The Morgan fingerprint density at radius 1 is 1.46 bits per heavy atom. The van der Waals surface area contributed by atoms with Gasteiger partial charge in [-0.2, -0.15) is 0 Å². The normalized spacial score (nSPS) is 11.3. The van der Waals surface area contributed by atoms with Gasteiger partial charge in [0.25, 0.3) is 0 Å². The third-order valence-electron chi connectivity index (χ3n) is 2.08. The van der Waals surface area contributed by atoms with E-state index in [1.807, 2.05) is 0 Å². The topological polar surface area (TPSA) is 37.3 Å². The summed E-state index contributed by atoms with van der Waals surface area (Å²) in [4.78, 5) is 10.9. The van der Waals surface area contributed by atoms with E-state index in [2.05, 4.69) is 0 Å². The van der Waals surface area contributed by atoms with E-state index in [4.69, 9.17) is 16.7 Å². The summed E-state index contributed by atoms with van der Waals surface area (Å²) in [6, 6.07) is 6.92. The molecule has 0 amide bonds. The Balaban J connectivity index is 3.14. The first-order chi connectivity index (χ1) is 5.94. The molecule has 1 rings (SSSR count). The summed E-state index contributed by atoms with van der Waals surface area (Å²) in [5.74, 6) is -0.852. The Kier molecular flexibility index (Phi) is 2.62. The van der Waals surface area contributed by atoms with Crippen molar-refractivity contribution in [2.45, 2.75) is 19.3 Å². The van der Waals surface area contributed by atoms with Crippen LogP contribution in [0.2, 0.25) is 5.02 Å². The van der Waals surface area contributed by atoms with Gasteiger partial charge in [0.1, 0.15) is 0 Å². The van der Waals surface area contributed by atoms with Crippen molar-refractivity contribution in [3.63, 3.8) is 0 Å². The molecule has 1 N–H and O–H groups in total. The molecule has 0 saturated carbocycles. The Morgan fingerprint density at radius 3 is 2.54 bits per heavy atom. The van der Waals surface area contributed by atoms with Crippen molar-refractivity contribution in [2.24, 2.45) is 0 Å². The molecule has 3 heteroatoms. The van der Waals surface area contributed by atoms with E-state index >= 15 is 0 Å². The van der Waals surface area contributed by atoms with Gasteiger partial charge in [0, 0.05) is 5.02 Å². The number of rotatable bonds is 2. The highest BCUT2D eigenvalue weighted by molar-refractivity contribution is 6.30. The number of halogens is 1. The molecule has 0 spiro atoms. The summed E-state index contributed by atoms with van der Waals surface area (Å²) in [6.07, 6.45) is 0. The van der Waals surface area contributed by atoms with Gasteiger partial charge >= 0.3 is 5.97 Å². The lowest BCUT2D eigenvalue weighted by Gasteiger charge is -2.19. The smallest absolute Gasteiger partial charge is 0.313 e. The molecule has 1 aromatic carbocycles. The van der Waals surface area contributed by atoms with E-state index in [1.54, 1.807) is 38.1 Å². The molecule has 0 saturated heterocycles. The average Bonchev–Trinajstić information content (AvgIpc) is 2.04. The van der Waals surface area contributed by atoms with Crippen molar-refractivity contribution in [2.75, 3.05) is 0 Å². The van der Waals surface area contributed by atoms with Gasteiger partial charge in [-0.25, -0.2) is 0 Å². The second-order valence-corrected chi connectivity index (χ2v) is 3.88. The minimum absolute atomic E-state index is 0.562. The van der Waals surface area contributed by atoms with Crippen molar-refractivity contribution >= 4 is 17.6 Å². The maximum atomic E-state index is 10.9. The number of benzene rings is 1. The van der Waals surface area contributed by atoms with Crippen LogP contribution < -0.4 is 0 Å². The molecule has 0 bridgehead atoms. The van der Waals surface area contributed by atoms with Gasteiger partial charge in [-0.3, -0.25) is 4.79 Å². The molecule has 0 heterocycles. The fourth-order valence-corrected chi connectivity index (χ4v) is 1.19. The molecule has 0 aliphatic carbocycles. The monoisotopic (exact) mass is 198 g/mol. The fraction of sp³-hybridized carbons (Fsp3) is 0.300. The average molecular weight is 199 g/mol. The van der Waals surface area contributed by atoms with E-state index in [9.17, 15) is 4.79 Å². The summed E-state index contributed by atoms with van der Waals surface area (Å²) in [5, 5.41) is 9.50. The Labute approximate surface area is 82.2 Å². The molecule has 0 unspecified atom stereocenters. The SMILES string of the molecule is CC(C)(C(=O)O)c1cccc(Cl)c1. The quantitative estimate of drug-likeness (QED) is 0.794. The maximum absolute atomic E-state index is 10.9. The summed E-state index contributed by atoms with van der Waals surface area (Å²) < 4.78 is 0. The van der Waals surface area contributed by atoms with Crippen LogP contribution in [0.25, 0.3) is 0 Å². The van der Waals surface area contributed by atoms with Crippen LogP contribution in [0, 0.1) is 0 Å². The van der Waals surface area contributed by atoms with Crippen LogP contribution >= 0.6 is 11.6 Å². The van der Waals surface area contributed by atoms with Crippen LogP contribution in [0.15, 0.2) is 24.3 Å². The Bertz CT molecular complexity index is 331. The zero-order valence-electron chi connectivity index (χ0n) is 7.54. The molecule has 1 aromatic rings. The largest absolute Gasteiger partial charge is 0.481 e. The molecular weight excluding hydrogens is 188 g/mol. The van der Waals surface area contributed by atoms with Crippen molar-refractivity contribution in [3.05, 3.63) is 34.9 Å². The first-order valence-corrected chi connectivity index (χ1v) is 4.32. The number of hydrogen-bond donors (Lipinski definition) is 1. The molecule has 0 aliphatic heterocycles. The summed E-state index contributed by atoms with van der Waals surface area (Å²) in [7, 11) is 0. The standard InChI is InChI=1S/C10H11ClO2/c1-10(2,9(12)13)7-4-3-5-8(11)6-7/h3-6H,1-2H3,(H,12,13). The Hall–Kier alpha value is -1.02. The number of hydrogen-bond acceptors (Lipinski definition) is 1. The van der Waals surface area contributed by atoms with Gasteiger partial charge < -0.3 is 5.11 Å². The number of carboxylic acids is 1. The summed E-state index contributed by atoms with van der Waals surface area (Å²) in [5.41, 5.74) is -0.169. The highest BCUT2D eigenvalue weighted by Gasteiger charge is 2.29. The van der Waals surface area contributed by atoms with Crippen LogP contribution in [-0.4, -0.2) is 11.1 Å². The molecule has 70 valence electrons. The summed E-state index contributed by atoms with van der Waals surface area (Å²) >= 11 is 5.76. The number of carboxylic acid groups (broad SMARTS) is 1. The van der Waals surface area contributed by atoms with E-state index in [0.29, 0.717) is 10.6 Å². The van der Waals surface area contributed by atoms with Crippen LogP contribution in [-0.2, 0) is 10.2 Å². The van der Waals surface area contributed by atoms with Crippen molar-refractivity contribution in [3.8, 4) is 0 Å². The summed E-state index contributed by atoms with van der Waals surface area (Å²) in [6.45, 7) is 3.31. The molecule has 0 aliphatic rings. The van der Waals surface area contributed by atoms with Gasteiger partial charge in [-0.15, -0.1) is 0 Å². The molecule has 0 atom stereocenters. The number of carbonyl (C=O) groups is 1. The van der Waals surface area contributed by atoms with Crippen molar-refractivity contribution in [1.29, 1.82) is 0 Å². The second-order valence-electron chi connectivity index (χ2n) is 3.44. The highest BCUT2D eigenvalue weighted by atomic mass is 35.5. The minimum Gasteiger partial charge on any atom is -0.481 e. The van der Waals surface area contributed by atoms with Crippen LogP contribution in [0.5, 0.6) is 0 Å². The van der Waals surface area contributed by atoms with Gasteiger partial charge in [0.2, 0.25) is 0 Å². The minimum atomic E-state index is -0.884. The van der Waals surface area contributed by atoms with E-state index in [-0.39, 0.29) is 0 Å².